The van der Waals surface area contributed by atoms with Gasteiger partial charge in [-0.15, -0.1) is 5.10 Å². The molecule has 0 aliphatic carbocycles. The third-order valence-corrected chi connectivity index (χ3v) is 3.61. The minimum Gasteiger partial charge on any atom is -0.311 e. The standard InChI is InChI=1S/C15H16ClN5/c1-2-7-17-9-11-10-19-20-21(11)14-6-5-13(16)12-4-3-8-18-15(12)14/h3-6,8,10,17H,2,7,9H2,1H3. The van der Waals surface area contributed by atoms with E-state index in [1.54, 1.807) is 12.4 Å². The van der Waals surface area contributed by atoms with E-state index in [0.29, 0.717) is 5.02 Å². The van der Waals surface area contributed by atoms with Crippen molar-refractivity contribution in [1.29, 1.82) is 0 Å². The van der Waals surface area contributed by atoms with E-state index in [9.17, 15) is 0 Å². The molecule has 0 saturated heterocycles. The van der Waals surface area contributed by atoms with E-state index in [2.05, 4.69) is 27.5 Å². The average molecular weight is 302 g/mol. The van der Waals surface area contributed by atoms with Gasteiger partial charge in [-0.1, -0.05) is 23.7 Å². The lowest BCUT2D eigenvalue weighted by Crippen LogP contribution is -2.17. The third kappa shape index (κ3) is 2.75. The van der Waals surface area contributed by atoms with Crippen LogP contribution in [0.3, 0.4) is 0 Å². The Morgan fingerprint density at radius 2 is 2.19 bits per heavy atom. The maximum atomic E-state index is 6.23. The molecule has 0 aliphatic rings. The first-order valence-corrected chi connectivity index (χ1v) is 7.33. The van der Waals surface area contributed by atoms with Gasteiger partial charge in [0.2, 0.25) is 0 Å². The molecule has 2 aromatic heterocycles. The van der Waals surface area contributed by atoms with Crippen molar-refractivity contribution in [2.75, 3.05) is 6.54 Å². The molecule has 0 radical (unpaired) electrons. The summed E-state index contributed by atoms with van der Waals surface area (Å²) in [7, 11) is 0. The summed E-state index contributed by atoms with van der Waals surface area (Å²) in [6, 6.07) is 7.63. The Bertz CT molecular complexity index is 753. The van der Waals surface area contributed by atoms with Crippen molar-refractivity contribution in [2.24, 2.45) is 0 Å². The zero-order chi connectivity index (χ0) is 14.7. The summed E-state index contributed by atoms with van der Waals surface area (Å²) in [6.45, 7) is 3.82. The highest BCUT2D eigenvalue weighted by Gasteiger charge is 2.11. The maximum absolute atomic E-state index is 6.23. The molecule has 5 nitrogen and oxygen atoms in total. The number of nitrogens with one attached hydrogen (secondary N) is 1. The summed E-state index contributed by atoms with van der Waals surface area (Å²) in [5, 5.41) is 13.2. The van der Waals surface area contributed by atoms with Gasteiger partial charge in [-0.05, 0) is 37.2 Å². The molecule has 3 aromatic rings. The molecule has 108 valence electrons. The predicted molar refractivity (Wildman–Crippen MR) is 83.7 cm³/mol. The molecule has 1 N–H and O–H groups in total. The third-order valence-electron chi connectivity index (χ3n) is 3.28. The molecule has 0 unspecified atom stereocenters. The van der Waals surface area contributed by atoms with Crippen molar-refractivity contribution in [1.82, 2.24) is 25.3 Å². The number of nitrogens with zero attached hydrogens (tertiary/aromatic N) is 4. The molecule has 6 heteroatoms. The minimum absolute atomic E-state index is 0.688. The quantitative estimate of drug-likeness (QED) is 0.736. The molecule has 21 heavy (non-hydrogen) atoms. The van der Waals surface area contributed by atoms with Crippen LogP contribution in [0.1, 0.15) is 19.0 Å². The number of pyridine rings is 1. The molecule has 3 rings (SSSR count). The monoisotopic (exact) mass is 301 g/mol. The van der Waals surface area contributed by atoms with Gasteiger partial charge < -0.3 is 5.32 Å². The van der Waals surface area contributed by atoms with Gasteiger partial charge in [0.25, 0.3) is 0 Å². The van der Waals surface area contributed by atoms with Crippen molar-refractivity contribution in [3.63, 3.8) is 0 Å². The van der Waals surface area contributed by atoms with Gasteiger partial charge in [-0.25, -0.2) is 4.68 Å². The van der Waals surface area contributed by atoms with Crippen LogP contribution in [0.2, 0.25) is 5.02 Å². The fraction of sp³-hybridized carbons (Fsp3) is 0.267. The number of benzene rings is 1. The van der Waals surface area contributed by atoms with Gasteiger partial charge in [0.15, 0.2) is 0 Å². The second-order valence-corrected chi connectivity index (χ2v) is 5.19. The van der Waals surface area contributed by atoms with Gasteiger partial charge in [0.1, 0.15) is 0 Å². The molecule has 0 aliphatic heterocycles. The van der Waals surface area contributed by atoms with Crippen LogP contribution in [-0.4, -0.2) is 26.5 Å². The summed E-state index contributed by atoms with van der Waals surface area (Å²) in [5.41, 5.74) is 2.71. The van der Waals surface area contributed by atoms with Gasteiger partial charge >= 0.3 is 0 Å². The van der Waals surface area contributed by atoms with Crippen LogP contribution in [0, 0.1) is 0 Å². The highest BCUT2D eigenvalue weighted by Crippen LogP contribution is 2.27. The number of fused-ring (bicyclic) bond motifs is 1. The van der Waals surface area contributed by atoms with Crippen molar-refractivity contribution < 1.29 is 0 Å². The Labute approximate surface area is 127 Å². The molecule has 2 heterocycles. The lowest BCUT2D eigenvalue weighted by Gasteiger charge is -2.10. The molecule has 0 bridgehead atoms. The average Bonchev–Trinajstić information content (AvgIpc) is 2.97. The van der Waals surface area contributed by atoms with Crippen LogP contribution in [0.15, 0.2) is 36.7 Å². The lowest BCUT2D eigenvalue weighted by atomic mass is 10.2. The Hall–Kier alpha value is -1.98. The Balaban J connectivity index is 2.05. The predicted octanol–water partition coefficient (Wildman–Crippen LogP) is 2.97. The first kappa shape index (κ1) is 14.0. The second kappa shape index (κ2) is 6.20. The van der Waals surface area contributed by atoms with Crippen LogP contribution in [-0.2, 0) is 6.54 Å². The molecule has 0 fully saturated rings. The number of hydrogen-bond donors (Lipinski definition) is 1. The zero-order valence-electron chi connectivity index (χ0n) is 11.8. The molecule has 0 saturated carbocycles. The molecule has 0 atom stereocenters. The minimum atomic E-state index is 0.688. The van der Waals surface area contributed by atoms with E-state index in [4.69, 9.17) is 11.6 Å². The highest BCUT2D eigenvalue weighted by atomic mass is 35.5. The molecule has 0 amide bonds. The number of hydrogen-bond acceptors (Lipinski definition) is 4. The van der Waals surface area contributed by atoms with Crippen LogP contribution in [0.5, 0.6) is 0 Å². The lowest BCUT2D eigenvalue weighted by molar-refractivity contribution is 0.642. The van der Waals surface area contributed by atoms with Gasteiger partial charge in [-0.3, -0.25) is 4.98 Å². The molecule has 1 aromatic carbocycles. The summed E-state index contributed by atoms with van der Waals surface area (Å²) in [6.07, 6.45) is 4.62. The van der Waals surface area contributed by atoms with E-state index in [1.807, 2.05) is 28.9 Å². The first-order valence-electron chi connectivity index (χ1n) is 6.95. The normalized spacial score (nSPS) is 11.1. The molecule has 0 spiro atoms. The Morgan fingerprint density at radius 3 is 3.05 bits per heavy atom. The highest BCUT2D eigenvalue weighted by molar-refractivity contribution is 6.35. The summed E-state index contributed by atoms with van der Waals surface area (Å²) >= 11 is 6.23. The van der Waals surface area contributed by atoms with Crippen molar-refractivity contribution >= 4 is 22.5 Å². The van der Waals surface area contributed by atoms with Gasteiger partial charge in [0, 0.05) is 18.1 Å². The van der Waals surface area contributed by atoms with Crippen molar-refractivity contribution in [2.45, 2.75) is 19.9 Å². The molecular formula is C15H16ClN5. The van der Waals surface area contributed by atoms with E-state index in [-0.39, 0.29) is 0 Å². The summed E-state index contributed by atoms with van der Waals surface area (Å²) in [4.78, 5) is 4.44. The van der Waals surface area contributed by atoms with E-state index >= 15 is 0 Å². The fourth-order valence-corrected chi connectivity index (χ4v) is 2.48. The number of halogens is 1. The fourth-order valence-electron chi connectivity index (χ4n) is 2.27. The second-order valence-electron chi connectivity index (χ2n) is 4.78. The maximum Gasteiger partial charge on any atom is 0.0974 e. The van der Waals surface area contributed by atoms with E-state index in [1.165, 1.54) is 0 Å². The van der Waals surface area contributed by atoms with Crippen LogP contribution >= 0.6 is 11.6 Å². The van der Waals surface area contributed by atoms with Crippen molar-refractivity contribution in [3.05, 3.63) is 47.4 Å². The summed E-state index contributed by atoms with van der Waals surface area (Å²) in [5.74, 6) is 0. The number of aromatic nitrogens is 4. The largest absolute Gasteiger partial charge is 0.311 e. The van der Waals surface area contributed by atoms with Crippen molar-refractivity contribution in [3.8, 4) is 5.69 Å². The van der Waals surface area contributed by atoms with Crippen LogP contribution in [0.25, 0.3) is 16.6 Å². The Kier molecular flexibility index (Phi) is 4.13. The van der Waals surface area contributed by atoms with Gasteiger partial charge in [0.05, 0.1) is 28.1 Å². The topological polar surface area (TPSA) is 55.6 Å². The Morgan fingerprint density at radius 1 is 1.29 bits per heavy atom. The first-order chi connectivity index (χ1) is 10.3. The number of rotatable bonds is 5. The zero-order valence-corrected chi connectivity index (χ0v) is 12.5. The van der Waals surface area contributed by atoms with Gasteiger partial charge in [-0.2, -0.15) is 0 Å². The SMILES string of the molecule is CCCNCc1cnnn1-c1ccc(Cl)c2cccnc12. The van der Waals surface area contributed by atoms with Crippen LogP contribution < -0.4 is 5.32 Å². The van der Waals surface area contributed by atoms with Crippen LogP contribution in [0.4, 0.5) is 0 Å². The molecular weight excluding hydrogens is 286 g/mol. The summed E-state index contributed by atoms with van der Waals surface area (Å²) < 4.78 is 1.81. The smallest absolute Gasteiger partial charge is 0.0974 e. The van der Waals surface area contributed by atoms with E-state index in [0.717, 1.165) is 41.8 Å². The van der Waals surface area contributed by atoms with E-state index < -0.39 is 0 Å².